The maximum absolute atomic E-state index is 5.51. The third-order valence-corrected chi connectivity index (χ3v) is 7.96. The van der Waals surface area contributed by atoms with Gasteiger partial charge in [-0.25, -0.2) is 0 Å². The number of ether oxygens (including phenoxy) is 1. The van der Waals surface area contributed by atoms with Crippen molar-refractivity contribution in [3.8, 4) is 5.75 Å². The van der Waals surface area contributed by atoms with Crippen molar-refractivity contribution in [2.45, 2.75) is 19.6 Å². The van der Waals surface area contributed by atoms with Crippen molar-refractivity contribution in [3.63, 3.8) is 0 Å². The van der Waals surface area contributed by atoms with Gasteiger partial charge in [-0.2, -0.15) is 0 Å². The molecule has 0 N–H and O–H groups in total. The van der Waals surface area contributed by atoms with Gasteiger partial charge in [-0.15, -0.1) is 0 Å². The van der Waals surface area contributed by atoms with Crippen LogP contribution in [0.5, 0.6) is 5.75 Å². The maximum atomic E-state index is 5.51. The molecule has 2 fully saturated rings. The maximum Gasteiger partial charge on any atom is 0.119 e. The smallest absolute Gasteiger partial charge is 0.119 e. The van der Waals surface area contributed by atoms with Crippen LogP contribution in [0.4, 0.5) is 11.4 Å². The summed E-state index contributed by atoms with van der Waals surface area (Å²) >= 11 is 0. The first-order chi connectivity index (χ1) is 18.6. The fourth-order valence-electron chi connectivity index (χ4n) is 5.44. The number of anilines is 2. The second-order valence-electron chi connectivity index (χ2n) is 10.9. The van der Waals surface area contributed by atoms with E-state index in [-0.39, 0.29) is 0 Å². The van der Waals surface area contributed by atoms with Gasteiger partial charge in [-0.1, -0.05) is 36.4 Å². The molecule has 0 aliphatic carbocycles. The average Bonchev–Trinajstić information content (AvgIpc) is 2.95. The van der Waals surface area contributed by atoms with Crippen LogP contribution in [0, 0.1) is 0 Å². The van der Waals surface area contributed by atoms with Gasteiger partial charge in [0.15, 0.2) is 0 Å². The fraction of sp³-hybridized carbons (Fsp3) is 0.438. The van der Waals surface area contributed by atoms with Gasteiger partial charge in [0, 0.05) is 83.4 Å². The largest absolute Gasteiger partial charge is 0.497 e. The third kappa shape index (κ3) is 7.07. The average molecular weight is 514 g/mol. The van der Waals surface area contributed by atoms with Crippen LogP contribution in [0.15, 0.2) is 72.8 Å². The van der Waals surface area contributed by atoms with Gasteiger partial charge in [0.1, 0.15) is 5.75 Å². The quantitative estimate of drug-likeness (QED) is 0.421. The Hall–Kier alpha value is -3.06. The second kappa shape index (κ2) is 12.7. The molecule has 0 unspecified atom stereocenters. The topological polar surface area (TPSA) is 25.4 Å². The Balaban J connectivity index is 1.34. The molecule has 0 bridgehead atoms. The van der Waals surface area contributed by atoms with Gasteiger partial charge in [0.25, 0.3) is 0 Å². The van der Waals surface area contributed by atoms with Crippen molar-refractivity contribution in [2.24, 2.45) is 0 Å². The number of likely N-dealkylation sites (N-methyl/N-ethyl adjacent to an activating group) is 2. The predicted molar refractivity (Wildman–Crippen MR) is 158 cm³/mol. The number of methoxy groups -OCH3 is 1. The summed E-state index contributed by atoms with van der Waals surface area (Å²) in [6.45, 7) is 11.7. The molecule has 0 saturated carbocycles. The van der Waals surface area contributed by atoms with Crippen molar-refractivity contribution < 1.29 is 4.74 Å². The molecule has 6 nitrogen and oxygen atoms in total. The van der Waals surface area contributed by atoms with E-state index in [1.54, 1.807) is 7.11 Å². The number of piperazine rings is 2. The van der Waals surface area contributed by atoms with Gasteiger partial charge in [-0.05, 0) is 67.2 Å². The summed E-state index contributed by atoms with van der Waals surface area (Å²) < 4.78 is 5.51. The molecular formula is C32H43N5O. The van der Waals surface area contributed by atoms with E-state index in [4.69, 9.17) is 4.74 Å². The zero-order chi connectivity index (χ0) is 26.3. The Morgan fingerprint density at radius 1 is 0.658 bits per heavy atom. The van der Waals surface area contributed by atoms with Crippen molar-refractivity contribution >= 4 is 11.4 Å². The molecule has 0 spiro atoms. The molecular weight excluding hydrogens is 470 g/mol. The first-order valence-corrected chi connectivity index (χ1v) is 14.0. The van der Waals surface area contributed by atoms with Crippen LogP contribution in [0.2, 0.25) is 0 Å². The summed E-state index contributed by atoms with van der Waals surface area (Å²) in [5.41, 5.74) is 6.56. The summed E-state index contributed by atoms with van der Waals surface area (Å²) in [4.78, 5) is 12.4. The van der Waals surface area contributed by atoms with Gasteiger partial charge in [0.05, 0.1) is 7.11 Å². The van der Waals surface area contributed by atoms with Crippen LogP contribution >= 0.6 is 0 Å². The summed E-state index contributed by atoms with van der Waals surface area (Å²) in [7, 11) is 6.16. The van der Waals surface area contributed by atoms with E-state index in [1.807, 2.05) is 6.07 Å². The predicted octanol–water partition coefficient (Wildman–Crippen LogP) is 4.40. The van der Waals surface area contributed by atoms with Crippen LogP contribution in [0.1, 0.15) is 16.7 Å². The zero-order valence-corrected chi connectivity index (χ0v) is 23.4. The number of hydrogen-bond acceptors (Lipinski definition) is 6. The lowest BCUT2D eigenvalue weighted by Crippen LogP contribution is -2.44. The van der Waals surface area contributed by atoms with Crippen LogP contribution < -0.4 is 14.5 Å². The second-order valence-corrected chi connectivity index (χ2v) is 10.9. The minimum Gasteiger partial charge on any atom is -0.497 e. The van der Waals surface area contributed by atoms with Crippen molar-refractivity contribution in [2.75, 3.05) is 83.4 Å². The molecule has 2 aliphatic heterocycles. The summed E-state index contributed by atoms with van der Waals surface area (Å²) in [5, 5.41) is 0. The molecule has 2 saturated heterocycles. The van der Waals surface area contributed by atoms with Gasteiger partial charge in [0.2, 0.25) is 0 Å². The number of benzene rings is 3. The molecule has 2 aliphatic rings. The van der Waals surface area contributed by atoms with Crippen LogP contribution in [-0.4, -0.2) is 88.3 Å². The van der Waals surface area contributed by atoms with E-state index < -0.39 is 0 Å². The highest BCUT2D eigenvalue weighted by molar-refractivity contribution is 5.52. The molecule has 3 aromatic carbocycles. The van der Waals surface area contributed by atoms with E-state index in [0.29, 0.717) is 0 Å². The lowest BCUT2D eigenvalue weighted by atomic mass is 10.1. The highest BCUT2D eigenvalue weighted by Gasteiger charge is 2.17. The minimum atomic E-state index is 0.829. The van der Waals surface area contributed by atoms with Gasteiger partial charge in [-0.3, -0.25) is 4.90 Å². The minimum absolute atomic E-state index is 0.829. The molecule has 0 atom stereocenters. The Morgan fingerprint density at radius 3 is 2.00 bits per heavy atom. The van der Waals surface area contributed by atoms with E-state index in [2.05, 4.69) is 105 Å². The van der Waals surface area contributed by atoms with E-state index in [9.17, 15) is 0 Å². The third-order valence-electron chi connectivity index (χ3n) is 7.96. The summed E-state index contributed by atoms with van der Waals surface area (Å²) in [5.74, 6) is 0.905. The standard InChI is InChI=1S/C32H43N5O/c1-33-14-18-35(19-15-33)24-28-6-4-8-31(22-28)37(26-29-7-5-9-32(23-29)38-3)25-27-10-12-30(13-11-27)36-20-16-34(2)17-21-36/h4-13,22-23H,14-21,24-26H2,1-3H3. The summed E-state index contributed by atoms with van der Waals surface area (Å²) in [6, 6.07) is 26.8. The lowest BCUT2D eigenvalue weighted by molar-refractivity contribution is 0.148. The van der Waals surface area contributed by atoms with Crippen LogP contribution in [-0.2, 0) is 19.6 Å². The van der Waals surface area contributed by atoms with Gasteiger partial charge < -0.3 is 24.3 Å². The van der Waals surface area contributed by atoms with Crippen LogP contribution in [0.25, 0.3) is 0 Å². The number of nitrogens with zero attached hydrogens (tertiary/aromatic N) is 5. The normalized spacial score (nSPS) is 17.5. The van der Waals surface area contributed by atoms with E-state index >= 15 is 0 Å². The SMILES string of the molecule is COc1cccc(CN(Cc2ccc(N3CCN(C)CC3)cc2)c2cccc(CN3CCN(C)CC3)c2)c1. The van der Waals surface area contributed by atoms with E-state index in [0.717, 1.165) is 77.7 Å². The number of hydrogen-bond donors (Lipinski definition) is 0. The number of rotatable bonds is 9. The molecule has 3 aromatic rings. The lowest BCUT2D eigenvalue weighted by Gasteiger charge is -2.34. The Labute approximate surface area is 229 Å². The summed E-state index contributed by atoms with van der Waals surface area (Å²) in [6.07, 6.45) is 0. The first-order valence-electron chi connectivity index (χ1n) is 14.0. The molecule has 0 amide bonds. The first kappa shape index (κ1) is 26.5. The molecule has 6 heteroatoms. The zero-order valence-electron chi connectivity index (χ0n) is 23.4. The molecule has 0 aromatic heterocycles. The fourth-order valence-corrected chi connectivity index (χ4v) is 5.44. The molecule has 0 radical (unpaired) electrons. The molecule has 2 heterocycles. The van der Waals surface area contributed by atoms with Crippen LogP contribution in [0.3, 0.4) is 0 Å². The van der Waals surface area contributed by atoms with Crippen molar-refractivity contribution in [1.29, 1.82) is 0 Å². The highest BCUT2D eigenvalue weighted by Crippen LogP contribution is 2.25. The Morgan fingerprint density at radius 2 is 1.29 bits per heavy atom. The van der Waals surface area contributed by atoms with Crippen molar-refractivity contribution in [3.05, 3.63) is 89.5 Å². The molecule has 38 heavy (non-hydrogen) atoms. The molecule has 202 valence electrons. The monoisotopic (exact) mass is 513 g/mol. The Bertz CT molecular complexity index is 1150. The van der Waals surface area contributed by atoms with Crippen molar-refractivity contribution in [1.82, 2.24) is 14.7 Å². The van der Waals surface area contributed by atoms with E-state index in [1.165, 1.54) is 28.1 Å². The highest BCUT2D eigenvalue weighted by atomic mass is 16.5. The Kier molecular flexibility index (Phi) is 8.84. The molecule has 5 rings (SSSR count). The van der Waals surface area contributed by atoms with Gasteiger partial charge >= 0.3 is 0 Å².